The number of carbonyl (C=O) groups is 1. The van der Waals surface area contributed by atoms with E-state index in [1.807, 2.05) is 53.3 Å². The normalized spacial score (nSPS) is 10.7. The molecule has 1 N–H and O–H groups in total. The molecule has 0 saturated carbocycles. The number of ether oxygens (including phenoxy) is 1. The van der Waals surface area contributed by atoms with E-state index in [9.17, 15) is 4.79 Å². The second-order valence-electron chi connectivity index (χ2n) is 7.14. The second kappa shape index (κ2) is 9.75. The predicted octanol–water partition coefficient (Wildman–Crippen LogP) is 3.84. The second-order valence-corrected chi connectivity index (χ2v) is 7.14. The van der Waals surface area contributed by atoms with Crippen LogP contribution in [0.4, 0.5) is 0 Å². The van der Waals surface area contributed by atoms with E-state index in [-0.39, 0.29) is 5.91 Å². The van der Waals surface area contributed by atoms with Gasteiger partial charge < -0.3 is 14.5 Å². The maximum absolute atomic E-state index is 12.2. The lowest BCUT2D eigenvalue weighted by Crippen LogP contribution is -2.23. The lowest BCUT2D eigenvalue weighted by atomic mass is 10.1. The van der Waals surface area contributed by atoms with Gasteiger partial charge in [-0.25, -0.2) is 4.98 Å². The number of aryl methyl sites for hydroxylation is 1. The highest BCUT2D eigenvalue weighted by Gasteiger charge is 2.09. The minimum absolute atomic E-state index is 0.0372. The van der Waals surface area contributed by atoms with Gasteiger partial charge in [-0.05, 0) is 41.5 Å². The number of rotatable bonds is 9. The molecule has 0 saturated heterocycles. The van der Waals surface area contributed by atoms with Crippen molar-refractivity contribution in [3.8, 4) is 17.1 Å². The Labute approximate surface area is 180 Å². The Bertz CT molecular complexity index is 1100. The van der Waals surface area contributed by atoms with E-state index in [1.54, 1.807) is 19.5 Å². The summed E-state index contributed by atoms with van der Waals surface area (Å²) in [5, 5.41) is 7.15. The first-order chi connectivity index (χ1) is 15.2. The lowest BCUT2D eigenvalue weighted by Gasteiger charge is -2.06. The average molecular weight is 416 g/mol. The van der Waals surface area contributed by atoms with Crippen LogP contribution in [0.2, 0.25) is 0 Å². The monoisotopic (exact) mass is 416 g/mol. The molecule has 0 fully saturated rings. The average Bonchev–Trinajstić information content (AvgIpc) is 3.49. The molecule has 1 amide bonds. The Morgan fingerprint density at radius 3 is 2.58 bits per heavy atom. The van der Waals surface area contributed by atoms with Crippen molar-refractivity contribution in [2.24, 2.45) is 0 Å². The molecule has 0 bridgehead atoms. The molecule has 7 nitrogen and oxygen atoms in total. The number of hydrogen-bond donors (Lipinski definition) is 1. The SMILES string of the molecule is COc1ccc(-c2cnc(CCC(=O)NCc3ccc(Cn4cccn4)cc3)o2)cc1. The van der Waals surface area contributed by atoms with Crippen molar-refractivity contribution in [1.82, 2.24) is 20.1 Å². The van der Waals surface area contributed by atoms with Crippen molar-refractivity contribution in [3.63, 3.8) is 0 Å². The van der Waals surface area contributed by atoms with E-state index in [0.29, 0.717) is 31.0 Å². The molecule has 0 radical (unpaired) electrons. The summed E-state index contributed by atoms with van der Waals surface area (Å²) in [6, 6.07) is 17.6. The fourth-order valence-electron chi connectivity index (χ4n) is 3.17. The van der Waals surface area contributed by atoms with Gasteiger partial charge in [-0.3, -0.25) is 9.48 Å². The molecular weight excluding hydrogens is 392 g/mol. The molecule has 0 aliphatic heterocycles. The minimum Gasteiger partial charge on any atom is -0.497 e. The summed E-state index contributed by atoms with van der Waals surface area (Å²) in [4.78, 5) is 16.5. The van der Waals surface area contributed by atoms with Gasteiger partial charge >= 0.3 is 0 Å². The van der Waals surface area contributed by atoms with Crippen LogP contribution in [-0.2, 0) is 24.3 Å². The Kier molecular flexibility index (Phi) is 6.42. The van der Waals surface area contributed by atoms with Crippen LogP contribution < -0.4 is 10.1 Å². The Morgan fingerprint density at radius 2 is 1.87 bits per heavy atom. The largest absolute Gasteiger partial charge is 0.497 e. The molecule has 31 heavy (non-hydrogen) atoms. The van der Waals surface area contributed by atoms with Gasteiger partial charge in [-0.1, -0.05) is 24.3 Å². The standard InChI is InChI=1S/C24H24N4O3/c1-30-21-9-7-20(8-10-21)22-16-26-24(31-22)12-11-23(29)25-15-18-3-5-19(6-4-18)17-28-14-2-13-27-28/h2-10,13-14,16H,11-12,15,17H2,1H3,(H,25,29). The topological polar surface area (TPSA) is 82.2 Å². The zero-order valence-electron chi connectivity index (χ0n) is 17.3. The number of benzene rings is 2. The molecule has 2 heterocycles. The molecule has 2 aromatic carbocycles. The van der Waals surface area contributed by atoms with Crippen molar-refractivity contribution >= 4 is 5.91 Å². The third kappa shape index (κ3) is 5.60. The van der Waals surface area contributed by atoms with Crippen LogP contribution in [0, 0.1) is 0 Å². The molecular formula is C24H24N4O3. The fourth-order valence-corrected chi connectivity index (χ4v) is 3.17. The van der Waals surface area contributed by atoms with E-state index in [0.717, 1.165) is 29.0 Å². The quantitative estimate of drug-likeness (QED) is 0.448. The van der Waals surface area contributed by atoms with Gasteiger partial charge in [0.1, 0.15) is 5.75 Å². The summed E-state index contributed by atoms with van der Waals surface area (Å²) < 4.78 is 12.8. The highest BCUT2D eigenvalue weighted by atomic mass is 16.5. The molecule has 2 aromatic heterocycles. The summed E-state index contributed by atoms with van der Waals surface area (Å²) >= 11 is 0. The summed E-state index contributed by atoms with van der Waals surface area (Å²) in [5.74, 6) is 1.97. The van der Waals surface area contributed by atoms with Crippen LogP contribution in [0.1, 0.15) is 23.4 Å². The molecule has 4 rings (SSSR count). The van der Waals surface area contributed by atoms with Crippen LogP contribution >= 0.6 is 0 Å². The van der Waals surface area contributed by atoms with Gasteiger partial charge in [-0.15, -0.1) is 0 Å². The third-order valence-corrected chi connectivity index (χ3v) is 4.91. The Hall–Kier alpha value is -3.87. The maximum atomic E-state index is 12.2. The lowest BCUT2D eigenvalue weighted by molar-refractivity contribution is -0.121. The number of oxazole rings is 1. The van der Waals surface area contributed by atoms with Crippen molar-refractivity contribution in [1.29, 1.82) is 0 Å². The summed E-state index contributed by atoms with van der Waals surface area (Å²) in [6.45, 7) is 1.22. The molecule has 7 heteroatoms. The summed E-state index contributed by atoms with van der Waals surface area (Å²) in [7, 11) is 1.63. The van der Waals surface area contributed by atoms with E-state index < -0.39 is 0 Å². The number of methoxy groups -OCH3 is 1. The molecule has 0 atom stereocenters. The van der Waals surface area contributed by atoms with Gasteiger partial charge in [0.25, 0.3) is 0 Å². The predicted molar refractivity (Wildman–Crippen MR) is 116 cm³/mol. The number of nitrogens with one attached hydrogen (secondary N) is 1. The first kappa shape index (κ1) is 20.4. The van der Waals surface area contributed by atoms with Crippen LogP contribution in [-0.4, -0.2) is 27.8 Å². The van der Waals surface area contributed by atoms with E-state index in [4.69, 9.17) is 9.15 Å². The van der Waals surface area contributed by atoms with Crippen LogP contribution in [0.15, 0.2) is 77.6 Å². The maximum Gasteiger partial charge on any atom is 0.220 e. The number of nitrogens with zero attached hydrogens (tertiary/aromatic N) is 3. The molecule has 158 valence electrons. The van der Waals surface area contributed by atoms with E-state index in [1.165, 1.54) is 0 Å². The third-order valence-electron chi connectivity index (χ3n) is 4.91. The minimum atomic E-state index is -0.0372. The number of hydrogen-bond acceptors (Lipinski definition) is 5. The summed E-state index contributed by atoms with van der Waals surface area (Å²) in [5.41, 5.74) is 3.13. The van der Waals surface area contributed by atoms with Crippen LogP contribution in [0.3, 0.4) is 0 Å². The van der Waals surface area contributed by atoms with Crippen LogP contribution in [0.5, 0.6) is 5.75 Å². The van der Waals surface area contributed by atoms with Crippen molar-refractivity contribution in [2.75, 3.05) is 7.11 Å². The van der Waals surface area contributed by atoms with Gasteiger partial charge in [0.15, 0.2) is 11.7 Å². The molecule has 0 unspecified atom stereocenters. The molecule has 0 spiro atoms. The zero-order chi connectivity index (χ0) is 21.5. The van der Waals surface area contributed by atoms with Crippen molar-refractivity contribution in [3.05, 3.63) is 90.2 Å². The first-order valence-electron chi connectivity index (χ1n) is 10.1. The van der Waals surface area contributed by atoms with Gasteiger partial charge in [0.05, 0.1) is 19.9 Å². The number of carbonyl (C=O) groups excluding carboxylic acids is 1. The fraction of sp³-hybridized carbons (Fsp3) is 0.208. The molecule has 0 aliphatic rings. The molecule has 0 aliphatic carbocycles. The Balaban J connectivity index is 1.22. The van der Waals surface area contributed by atoms with Gasteiger partial charge in [0, 0.05) is 37.3 Å². The van der Waals surface area contributed by atoms with E-state index in [2.05, 4.69) is 27.5 Å². The smallest absolute Gasteiger partial charge is 0.220 e. The number of aromatic nitrogens is 3. The highest BCUT2D eigenvalue weighted by molar-refractivity contribution is 5.76. The van der Waals surface area contributed by atoms with Crippen LogP contribution in [0.25, 0.3) is 11.3 Å². The highest BCUT2D eigenvalue weighted by Crippen LogP contribution is 2.23. The first-order valence-corrected chi connectivity index (χ1v) is 10.1. The van der Waals surface area contributed by atoms with Gasteiger partial charge in [-0.2, -0.15) is 5.10 Å². The van der Waals surface area contributed by atoms with Crippen molar-refractivity contribution in [2.45, 2.75) is 25.9 Å². The van der Waals surface area contributed by atoms with E-state index >= 15 is 0 Å². The van der Waals surface area contributed by atoms with Gasteiger partial charge in [0.2, 0.25) is 5.91 Å². The summed E-state index contributed by atoms with van der Waals surface area (Å²) in [6.07, 6.45) is 6.15. The Morgan fingerprint density at radius 1 is 1.10 bits per heavy atom. The molecule has 4 aromatic rings. The zero-order valence-corrected chi connectivity index (χ0v) is 17.3. The van der Waals surface area contributed by atoms with Crippen molar-refractivity contribution < 1.29 is 13.9 Å². The number of amides is 1.